The molecule has 24 heavy (non-hydrogen) atoms. The Morgan fingerprint density at radius 2 is 2.21 bits per heavy atom. The van der Waals surface area contributed by atoms with Crippen LogP contribution in [-0.2, 0) is 18.3 Å². The fourth-order valence-corrected chi connectivity index (χ4v) is 2.49. The van der Waals surface area contributed by atoms with Crippen LogP contribution in [0.4, 0.5) is 4.79 Å². The minimum absolute atomic E-state index is 0.0845. The third-order valence-corrected chi connectivity index (χ3v) is 3.85. The molecule has 0 aliphatic heterocycles. The van der Waals surface area contributed by atoms with Gasteiger partial charge in [0.1, 0.15) is 0 Å². The van der Waals surface area contributed by atoms with Crippen molar-refractivity contribution in [1.82, 2.24) is 25.0 Å². The fraction of sp³-hybridized carbons (Fsp3) is 0.471. The normalized spacial score (nSPS) is 12.0. The van der Waals surface area contributed by atoms with Gasteiger partial charge in [0.05, 0.1) is 30.6 Å². The highest BCUT2D eigenvalue weighted by molar-refractivity contribution is 5.74. The summed E-state index contributed by atoms with van der Waals surface area (Å²) in [5.41, 5.74) is 1.83. The summed E-state index contributed by atoms with van der Waals surface area (Å²) in [6, 6.07) is 7.39. The van der Waals surface area contributed by atoms with Crippen LogP contribution in [0.3, 0.4) is 0 Å². The lowest BCUT2D eigenvalue weighted by Gasteiger charge is -2.26. The van der Waals surface area contributed by atoms with Crippen molar-refractivity contribution in [3.8, 4) is 0 Å². The van der Waals surface area contributed by atoms with E-state index in [0.29, 0.717) is 19.7 Å². The molecule has 0 spiro atoms. The smallest absolute Gasteiger partial charge is 0.318 e. The van der Waals surface area contributed by atoms with E-state index < -0.39 is 0 Å². The van der Waals surface area contributed by atoms with Gasteiger partial charge >= 0.3 is 6.03 Å². The van der Waals surface area contributed by atoms with Crippen LogP contribution in [-0.4, -0.2) is 46.0 Å². The first-order valence-corrected chi connectivity index (χ1v) is 8.07. The molecule has 2 amide bonds. The number of rotatable bonds is 8. The maximum absolute atomic E-state index is 12.7. The van der Waals surface area contributed by atoms with Crippen molar-refractivity contribution in [2.75, 3.05) is 20.3 Å². The standard InChI is InChI=1S/C17H25N5O2/c1-4-15(16-8-10-19-21(16)2)20-17(23)22(11-12-24-3)13-14-7-5-6-9-18-14/h5-10,15H,4,11-13H2,1-3H3,(H,20,23)/t15-/m0/s1. The lowest BCUT2D eigenvalue weighted by atomic mass is 10.1. The van der Waals surface area contributed by atoms with Crippen LogP contribution in [0.25, 0.3) is 0 Å². The van der Waals surface area contributed by atoms with Crippen molar-refractivity contribution in [2.24, 2.45) is 7.05 Å². The summed E-state index contributed by atoms with van der Waals surface area (Å²) in [5.74, 6) is 0. The van der Waals surface area contributed by atoms with Crippen molar-refractivity contribution in [3.05, 3.63) is 48.0 Å². The SMILES string of the molecule is CC[C@H](NC(=O)N(CCOC)Cc1ccccn1)c1ccnn1C. The monoisotopic (exact) mass is 331 g/mol. The van der Waals surface area contributed by atoms with Crippen molar-refractivity contribution in [2.45, 2.75) is 25.9 Å². The Hall–Kier alpha value is -2.41. The molecule has 0 aliphatic carbocycles. The second-order valence-electron chi connectivity index (χ2n) is 5.53. The maximum atomic E-state index is 12.7. The number of methoxy groups -OCH3 is 1. The van der Waals surface area contributed by atoms with E-state index in [0.717, 1.165) is 17.8 Å². The van der Waals surface area contributed by atoms with E-state index in [9.17, 15) is 4.79 Å². The zero-order chi connectivity index (χ0) is 17.4. The molecule has 0 saturated carbocycles. The summed E-state index contributed by atoms with van der Waals surface area (Å²) >= 11 is 0. The Kier molecular flexibility index (Phi) is 6.74. The molecule has 130 valence electrons. The van der Waals surface area contributed by atoms with E-state index in [4.69, 9.17) is 4.74 Å². The average Bonchev–Trinajstić information content (AvgIpc) is 3.03. The van der Waals surface area contributed by atoms with Crippen LogP contribution in [0, 0.1) is 0 Å². The molecule has 7 nitrogen and oxygen atoms in total. The molecule has 7 heteroatoms. The maximum Gasteiger partial charge on any atom is 0.318 e. The number of ether oxygens (including phenoxy) is 1. The Balaban J connectivity index is 2.07. The minimum Gasteiger partial charge on any atom is -0.383 e. The Labute approximate surface area is 142 Å². The van der Waals surface area contributed by atoms with Gasteiger partial charge in [-0.1, -0.05) is 13.0 Å². The molecule has 0 aliphatic rings. The van der Waals surface area contributed by atoms with Gasteiger partial charge in [0.15, 0.2) is 0 Å². The molecule has 1 N–H and O–H groups in total. The van der Waals surface area contributed by atoms with E-state index in [1.54, 1.807) is 29.1 Å². The summed E-state index contributed by atoms with van der Waals surface area (Å²) in [7, 11) is 3.50. The van der Waals surface area contributed by atoms with E-state index in [-0.39, 0.29) is 12.1 Å². The summed E-state index contributed by atoms with van der Waals surface area (Å²) < 4.78 is 6.91. The molecule has 1 atom stereocenters. The van der Waals surface area contributed by atoms with Crippen LogP contribution in [0.1, 0.15) is 30.8 Å². The predicted molar refractivity (Wildman–Crippen MR) is 91.3 cm³/mol. The Morgan fingerprint density at radius 3 is 2.79 bits per heavy atom. The molecule has 2 aromatic heterocycles. The summed E-state index contributed by atoms with van der Waals surface area (Å²) in [4.78, 5) is 18.7. The Bertz CT molecular complexity index is 629. The number of hydrogen-bond acceptors (Lipinski definition) is 4. The van der Waals surface area contributed by atoms with Gasteiger partial charge in [0.25, 0.3) is 0 Å². The number of nitrogens with zero attached hydrogens (tertiary/aromatic N) is 4. The molecule has 0 fully saturated rings. The lowest BCUT2D eigenvalue weighted by molar-refractivity contribution is 0.143. The molecule has 0 saturated heterocycles. The third-order valence-electron chi connectivity index (χ3n) is 3.85. The molecule has 0 unspecified atom stereocenters. The zero-order valence-corrected chi connectivity index (χ0v) is 14.5. The van der Waals surface area contributed by atoms with Crippen molar-refractivity contribution >= 4 is 6.03 Å². The highest BCUT2D eigenvalue weighted by atomic mass is 16.5. The molecule has 2 rings (SSSR count). The van der Waals surface area contributed by atoms with E-state index in [1.807, 2.05) is 38.2 Å². The van der Waals surface area contributed by atoms with E-state index >= 15 is 0 Å². The molecule has 0 radical (unpaired) electrons. The second-order valence-corrected chi connectivity index (χ2v) is 5.53. The molecule has 0 aromatic carbocycles. The van der Waals surface area contributed by atoms with Gasteiger partial charge in [-0.25, -0.2) is 4.79 Å². The van der Waals surface area contributed by atoms with Crippen molar-refractivity contribution in [3.63, 3.8) is 0 Å². The lowest BCUT2D eigenvalue weighted by Crippen LogP contribution is -2.43. The molecule has 2 heterocycles. The number of nitrogens with one attached hydrogen (secondary N) is 1. The quantitative estimate of drug-likeness (QED) is 0.804. The predicted octanol–water partition coefficient (Wildman–Crippen LogP) is 2.12. The highest BCUT2D eigenvalue weighted by Gasteiger charge is 2.20. The first-order chi connectivity index (χ1) is 11.7. The average molecular weight is 331 g/mol. The number of hydrogen-bond donors (Lipinski definition) is 1. The van der Waals surface area contributed by atoms with Gasteiger partial charge in [-0.05, 0) is 24.6 Å². The van der Waals surface area contributed by atoms with Gasteiger partial charge in [0.2, 0.25) is 0 Å². The molecule has 0 bridgehead atoms. The summed E-state index contributed by atoms with van der Waals surface area (Å²) in [5, 5.41) is 7.26. The molecular formula is C17H25N5O2. The van der Waals surface area contributed by atoms with Crippen LogP contribution in [0.5, 0.6) is 0 Å². The number of aromatic nitrogens is 3. The number of pyridine rings is 1. The van der Waals surface area contributed by atoms with E-state index in [2.05, 4.69) is 15.4 Å². The van der Waals surface area contributed by atoms with Gasteiger partial charge in [-0.2, -0.15) is 5.10 Å². The fourth-order valence-electron chi connectivity index (χ4n) is 2.49. The second kappa shape index (κ2) is 9.02. The van der Waals surface area contributed by atoms with Gasteiger partial charge < -0.3 is 15.0 Å². The first kappa shape index (κ1) is 17.9. The van der Waals surface area contributed by atoms with Crippen LogP contribution < -0.4 is 5.32 Å². The number of urea groups is 1. The number of amides is 2. The topological polar surface area (TPSA) is 72.3 Å². The zero-order valence-electron chi connectivity index (χ0n) is 14.5. The summed E-state index contributed by atoms with van der Waals surface area (Å²) in [6.07, 6.45) is 4.25. The first-order valence-electron chi connectivity index (χ1n) is 8.07. The molecular weight excluding hydrogens is 306 g/mol. The Morgan fingerprint density at radius 1 is 1.38 bits per heavy atom. The highest BCUT2D eigenvalue weighted by Crippen LogP contribution is 2.16. The van der Waals surface area contributed by atoms with Gasteiger partial charge in [-0.3, -0.25) is 9.67 Å². The largest absolute Gasteiger partial charge is 0.383 e. The number of carbonyl (C=O) groups is 1. The third kappa shape index (κ3) is 4.79. The van der Waals surface area contributed by atoms with Gasteiger partial charge in [-0.15, -0.1) is 0 Å². The van der Waals surface area contributed by atoms with Crippen LogP contribution >= 0.6 is 0 Å². The number of carbonyl (C=O) groups excluding carboxylic acids is 1. The van der Waals surface area contributed by atoms with Crippen LogP contribution in [0.15, 0.2) is 36.7 Å². The van der Waals surface area contributed by atoms with Crippen molar-refractivity contribution in [1.29, 1.82) is 0 Å². The van der Waals surface area contributed by atoms with E-state index in [1.165, 1.54) is 0 Å². The summed E-state index contributed by atoms with van der Waals surface area (Å²) in [6.45, 7) is 3.46. The van der Waals surface area contributed by atoms with Gasteiger partial charge in [0, 0.05) is 33.1 Å². The molecule has 2 aromatic rings. The van der Waals surface area contributed by atoms with Crippen LogP contribution in [0.2, 0.25) is 0 Å². The van der Waals surface area contributed by atoms with Crippen molar-refractivity contribution < 1.29 is 9.53 Å². The minimum atomic E-state index is -0.134. The number of aryl methyl sites for hydroxylation is 1.